The first-order valence-corrected chi connectivity index (χ1v) is 25.4. The van der Waals surface area contributed by atoms with Gasteiger partial charge in [-0.25, -0.2) is 9.78 Å². The molecule has 76 heavy (non-hydrogen) atoms. The number of carboxylic acids is 2. The fourth-order valence-electron chi connectivity index (χ4n) is 7.52. The number of nitrogens with zero attached hydrogens (tertiary/aromatic N) is 2. The van der Waals surface area contributed by atoms with Gasteiger partial charge >= 0.3 is 11.9 Å². The Morgan fingerprint density at radius 1 is 0.579 bits per heavy atom. The molecule has 10 atom stereocenters. The maximum absolute atomic E-state index is 14.4. The number of carbonyl (C=O) groups excluding carboxylic acids is 9. The van der Waals surface area contributed by atoms with Crippen LogP contribution < -0.4 is 65.5 Å². The Morgan fingerprint density at radius 2 is 1.00 bits per heavy atom. The molecule has 0 aliphatic carbocycles. The molecule has 1 aromatic heterocycles. The first-order chi connectivity index (χ1) is 35.4. The van der Waals surface area contributed by atoms with Crippen LogP contribution in [0.1, 0.15) is 126 Å². The highest BCUT2D eigenvalue weighted by atomic mass is 16.4. The van der Waals surface area contributed by atoms with E-state index in [1.807, 2.05) is 26.1 Å². The van der Waals surface area contributed by atoms with Gasteiger partial charge in [-0.1, -0.05) is 61.8 Å². The van der Waals surface area contributed by atoms with E-state index in [-0.39, 0.29) is 74.7 Å². The SMILES string of the molecule is CC[C@H](C)[C@H](NC(=O)[C@H](C)N)C(=O)N[C@@H](CC(C)C)C(=O)N[C@@H](Cc1cnc[nH]1)C(=O)N[C@@H](CCCN=C(N)N)C(=O)N[C@@H](CC(C)C)C(=O)N[C@@H](CC(C)C)C(=O)N[C@@H](CCC(N)=O)C(=O)N[C@@H](CC(=O)O)C(=O)O. The smallest absolute Gasteiger partial charge is 0.326 e. The van der Waals surface area contributed by atoms with E-state index in [0.29, 0.717) is 12.1 Å². The maximum Gasteiger partial charge on any atom is 0.326 e. The van der Waals surface area contributed by atoms with E-state index in [0.717, 1.165) is 0 Å². The second kappa shape index (κ2) is 33.5. The Hall–Kier alpha value is -7.39. The summed E-state index contributed by atoms with van der Waals surface area (Å²) in [5.74, 6) is -12.0. The number of H-pyrrole nitrogens is 1. The number of rotatable bonds is 36. The minimum Gasteiger partial charge on any atom is -0.481 e. The van der Waals surface area contributed by atoms with Crippen LogP contribution in [0.3, 0.4) is 0 Å². The number of carboxylic acid groups (broad SMARTS) is 2. The lowest BCUT2D eigenvalue weighted by atomic mass is 9.96. The second-order valence-corrected chi connectivity index (χ2v) is 20.1. The molecule has 0 saturated heterocycles. The number of aliphatic carboxylic acids is 2. The molecule has 0 radical (unpaired) electrons. The zero-order valence-electron chi connectivity index (χ0n) is 45.0. The van der Waals surface area contributed by atoms with Gasteiger partial charge in [0, 0.05) is 31.3 Å². The van der Waals surface area contributed by atoms with Crippen LogP contribution in [0.25, 0.3) is 0 Å². The predicted molar refractivity (Wildman–Crippen MR) is 277 cm³/mol. The van der Waals surface area contributed by atoms with Gasteiger partial charge in [-0.2, -0.15) is 0 Å². The molecule has 28 nitrogen and oxygen atoms in total. The van der Waals surface area contributed by atoms with Crippen molar-refractivity contribution in [3.63, 3.8) is 0 Å². The van der Waals surface area contributed by atoms with Crippen molar-refractivity contribution in [2.45, 2.75) is 181 Å². The van der Waals surface area contributed by atoms with Gasteiger partial charge < -0.3 is 80.7 Å². The molecule has 0 aliphatic heterocycles. The highest BCUT2D eigenvalue weighted by Gasteiger charge is 2.36. The van der Waals surface area contributed by atoms with Gasteiger partial charge in [0.2, 0.25) is 53.2 Å². The largest absolute Gasteiger partial charge is 0.481 e. The number of primary amides is 1. The average molecular weight is 1080 g/mol. The van der Waals surface area contributed by atoms with Crippen molar-refractivity contribution in [1.29, 1.82) is 0 Å². The molecule has 428 valence electrons. The lowest BCUT2D eigenvalue weighted by Crippen LogP contribution is -2.61. The number of aliphatic imine (C=N–C) groups is 1. The number of amides is 9. The third-order valence-electron chi connectivity index (χ3n) is 11.7. The number of guanidine groups is 1. The summed E-state index contributed by atoms with van der Waals surface area (Å²) in [4.78, 5) is 156. The van der Waals surface area contributed by atoms with Gasteiger partial charge in [-0.3, -0.25) is 52.9 Å². The highest BCUT2D eigenvalue weighted by molar-refractivity contribution is 5.98. The summed E-state index contributed by atoms with van der Waals surface area (Å²) in [6, 6.07) is -12.2. The van der Waals surface area contributed by atoms with Crippen molar-refractivity contribution >= 4 is 71.1 Å². The van der Waals surface area contributed by atoms with Crippen molar-refractivity contribution in [1.82, 2.24) is 52.5 Å². The summed E-state index contributed by atoms with van der Waals surface area (Å²) in [6.45, 7) is 15.7. The van der Waals surface area contributed by atoms with Crippen molar-refractivity contribution in [3.05, 3.63) is 18.2 Å². The molecule has 0 fully saturated rings. The molecule has 9 amide bonds. The van der Waals surface area contributed by atoms with E-state index in [1.54, 1.807) is 34.6 Å². The lowest BCUT2D eigenvalue weighted by Gasteiger charge is -2.29. The van der Waals surface area contributed by atoms with Crippen LogP contribution in [0.15, 0.2) is 17.5 Å². The van der Waals surface area contributed by atoms with E-state index in [4.69, 9.17) is 28.0 Å². The Balaban J connectivity index is 3.65. The molecule has 0 saturated carbocycles. The van der Waals surface area contributed by atoms with Crippen LogP contribution in [0, 0.1) is 23.7 Å². The number of aromatic amines is 1. The van der Waals surface area contributed by atoms with Gasteiger partial charge in [0.05, 0.1) is 18.8 Å². The molecule has 1 rings (SSSR count). The summed E-state index contributed by atoms with van der Waals surface area (Å²) in [5.41, 5.74) is 22.5. The predicted octanol–water partition coefficient (Wildman–Crippen LogP) is -2.76. The first-order valence-electron chi connectivity index (χ1n) is 25.4. The van der Waals surface area contributed by atoms with Crippen LogP contribution in [-0.2, 0) is 59.2 Å². The fourth-order valence-corrected chi connectivity index (χ4v) is 7.52. The summed E-state index contributed by atoms with van der Waals surface area (Å²) < 4.78 is 0. The molecule has 19 N–H and O–H groups in total. The number of nitrogens with one attached hydrogen (secondary N) is 9. The molecule has 0 bridgehead atoms. The number of aromatic nitrogens is 2. The third kappa shape index (κ3) is 25.7. The molecular weight excluding hydrogens is 995 g/mol. The topological polar surface area (TPSA) is 470 Å². The molecular formula is C48H83N15O13. The summed E-state index contributed by atoms with van der Waals surface area (Å²) in [5, 5.41) is 39.2. The Labute approximate surface area is 442 Å². The third-order valence-corrected chi connectivity index (χ3v) is 11.7. The number of hydrogen-bond donors (Lipinski definition) is 15. The summed E-state index contributed by atoms with van der Waals surface area (Å²) in [6.07, 6.45) is 1.32. The Morgan fingerprint density at radius 3 is 1.39 bits per heavy atom. The number of hydrogen-bond acceptors (Lipinski definition) is 14. The molecule has 28 heteroatoms. The van der Waals surface area contributed by atoms with Gasteiger partial charge in [0.25, 0.3) is 0 Å². The molecule has 0 spiro atoms. The monoisotopic (exact) mass is 1080 g/mol. The number of imidazole rings is 1. The zero-order valence-corrected chi connectivity index (χ0v) is 45.0. The quantitative estimate of drug-likeness (QED) is 0.0184. The number of carbonyl (C=O) groups is 11. The average Bonchev–Trinajstić information content (AvgIpc) is 3.83. The van der Waals surface area contributed by atoms with Crippen LogP contribution in [-0.4, -0.2) is 152 Å². The molecule has 1 aromatic rings. The normalized spacial score (nSPS) is 15.2. The van der Waals surface area contributed by atoms with Gasteiger partial charge in [-0.15, -0.1) is 0 Å². The van der Waals surface area contributed by atoms with Crippen molar-refractivity contribution in [3.8, 4) is 0 Å². The van der Waals surface area contributed by atoms with Crippen molar-refractivity contribution < 1.29 is 63.0 Å². The van der Waals surface area contributed by atoms with Crippen LogP contribution in [0.4, 0.5) is 0 Å². The molecule has 1 heterocycles. The van der Waals surface area contributed by atoms with Gasteiger partial charge in [0.1, 0.15) is 48.3 Å². The van der Waals surface area contributed by atoms with Gasteiger partial charge in [-0.05, 0) is 69.1 Å². The van der Waals surface area contributed by atoms with E-state index in [1.165, 1.54) is 19.4 Å². The molecule has 0 aliphatic rings. The minimum absolute atomic E-state index is 0.000338. The minimum atomic E-state index is -1.90. The Kier molecular flexibility index (Phi) is 29.4. The zero-order chi connectivity index (χ0) is 58.0. The van der Waals surface area contributed by atoms with Crippen LogP contribution in [0.2, 0.25) is 0 Å². The van der Waals surface area contributed by atoms with E-state index < -0.39 is 139 Å². The molecule has 0 unspecified atom stereocenters. The highest BCUT2D eigenvalue weighted by Crippen LogP contribution is 2.14. The van der Waals surface area contributed by atoms with Crippen molar-refractivity contribution in [2.24, 2.45) is 51.6 Å². The second-order valence-electron chi connectivity index (χ2n) is 20.1. The standard InChI is InChI=1S/C48H83N15O13/c1-10-26(8)38(63-39(67)27(9)49)46(74)61-33(18-25(6)7)44(72)60-34(19-28-21-53-22-55-28)45(73)56-29(12-11-15-54-48(51)52)40(68)58-32(17-24(4)5)43(71)59-31(16-23(2)3)42(70)57-30(13-14-36(50)64)41(69)62-35(47(75)76)20-37(65)66/h21-27,29-35,38H,10-20,49H2,1-9H3,(H2,50,64)(H,53,55)(H,56,73)(H,57,70)(H,58,68)(H,59,71)(H,60,72)(H,61,74)(H,62,69)(H,63,67)(H,65,66)(H,75,76)(H4,51,52,54)/t26-,27-,29-,30-,31-,32-,33-,34-,35-,38-/m0/s1. The maximum atomic E-state index is 14.4. The van der Waals surface area contributed by atoms with E-state index >= 15 is 0 Å². The van der Waals surface area contributed by atoms with E-state index in [2.05, 4.69) is 52.2 Å². The van der Waals surface area contributed by atoms with Crippen LogP contribution in [0.5, 0.6) is 0 Å². The lowest BCUT2D eigenvalue weighted by molar-refractivity contribution is -0.147. The number of nitrogens with two attached hydrogens (primary N) is 4. The summed E-state index contributed by atoms with van der Waals surface area (Å²) >= 11 is 0. The first kappa shape index (κ1) is 66.6. The summed E-state index contributed by atoms with van der Waals surface area (Å²) in [7, 11) is 0. The van der Waals surface area contributed by atoms with Crippen molar-refractivity contribution in [2.75, 3.05) is 6.54 Å². The van der Waals surface area contributed by atoms with E-state index in [9.17, 15) is 57.8 Å². The van der Waals surface area contributed by atoms with Crippen LogP contribution >= 0.6 is 0 Å². The molecule has 0 aromatic carbocycles. The Bertz CT molecular complexity index is 2150. The fraction of sp³-hybridized carbons (Fsp3) is 0.688. The van der Waals surface area contributed by atoms with Gasteiger partial charge in [0.15, 0.2) is 5.96 Å².